The first-order valence-corrected chi connectivity index (χ1v) is 9.77. The summed E-state index contributed by atoms with van der Waals surface area (Å²) < 4.78 is 25.9. The maximum atomic E-state index is 13.5. The number of carbonyl (C=O) groups excluding carboxylic acids is 1. The molecule has 1 unspecified atom stereocenters. The highest BCUT2D eigenvalue weighted by Gasteiger charge is 2.29. The van der Waals surface area contributed by atoms with Gasteiger partial charge in [0, 0.05) is 26.5 Å². The van der Waals surface area contributed by atoms with E-state index < -0.39 is 11.7 Å². The van der Waals surface area contributed by atoms with Crippen LogP contribution in [0.4, 0.5) is 10.2 Å². The van der Waals surface area contributed by atoms with Gasteiger partial charge < -0.3 is 19.8 Å². The highest BCUT2D eigenvalue weighted by atomic mass is 19.1. The summed E-state index contributed by atoms with van der Waals surface area (Å²) >= 11 is 0. The van der Waals surface area contributed by atoms with E-state index in [0.29, 0.717) is 24.9 Å². The van der Waals surface area contributed by atoms with Crippen LogP contribution in [0.5, 0.6) is 0 Å². The Balaban J connectivity index is 1.94. The number of methoxy groups -OCH3 is 1. The summed E-state index contributed by atoms with van der Waals surface area (Å²) in [7, 11) is 1.46. The first-order chi connectivity index (χ1) is 13.9. The van der Waals surface area contributed by atoms with Gasteiger partial charge in [-0.2, -0.15) is 14.4 Å². The number of rotatable bonds is 12. The fourth-order valence-electron chi connectivity index (χ4n) is 2.95. The number of nitrogens with two attached hydrogens (primary N) is 1. The van der Waals surface area contributed by atoms with Gasteiger partial charge in [-0.05, 0) is 6.42 Å². The van der Waals surface area contributed by atoms with Crippen LogP contribution in [0, 0.1) is 18.4 Å². The number of halogens is 1. The van der Waals surface area contributed by atoms with Gasteiger partial charge in [-0.25, -0.2) is 4.98 Å². The number of imidazole rings is 1. The summed E-state index contributed by atoms with van der Waals surface area (Å²) in [6.45, 7) is 2.40. The molecule has 2 aromatic rings. The normalized spacial score (nSPS) is 13.2. The minimum Gasteiger partial charge on any atom is -0.462 e. The lowest BCUT2D eigenvalue weighted by Gasteiger charge is -2.26. The average Bonchev–Trinajstić information content (AvgIpc) is 3.12. The second-order valence-corrected chi connectivity index (χ2v) is 6.91. The van der Waals surface area contributed by atoms with E-state index in [1.54, 1.807) is 4.57 Å². The van der Waals surface area contributed by atoms with Crippen molar-refractivity contribution in [1.82, 2.24) is 19.5 Å². The number of hydrogen-bond acceptors (Lipinski definition) is 7. The van der Waals surface area contributed by atoms with Gasteiger partial charge in [0.2, 0.25) is 0 Å². The van der Waals surface area contributed by atoms with Gasteiger partial charge in [-0.15, -0.1) is 6.42 Å². The Labute approximate surface area is 170 Å². The Bertz CT molecular complexity index is 864. The van der Waals surface area contributed by atoms with E-state index in [0.717, 1.165) is 25.7 Å². The maximum absolute atomic E-state index is 13.5. The summed E-state index contributed by atoms with van der Waals surface area (Å²) in [6.07, 6.45) is 12.1. The Morgan fingerprint density at radius 2 is 2.10 bits per heavy atom. The number of unbranched alkanes of at least 4 members (excludes halogenated alkanes) is 4. The van der Waals surface area contributed by atoms with Crippen LogP contribution in [-0.2, 0) is 20.8 Å². The number of fused-ring (bicyclic) bond motifs is 1. The topological polar surface area (TPSA) is 105 Å². The van der Waals surface area contributed by atoms with Crippen molar-refractivity contribution >= 4 is 23.0 Å². The van der Waals surface area contributed by atoms with Crippen LogP contribution in [0.15, 0.2) is 6.33 Å². The van der Waals surface area contributed by atoms with E-state index in [-0.39, 0.29) is 24.0 Å². The number of nitrogens with zero attached hydrogens (tertiary/aromatic N) is 4. The van der Waals surface area contributed by atoms with Crippen molar-refractivity contribution in [2.45, 2.75) is 64.0 Å². The zero-order chi connectivity index (χ0) is 21.3. The van der Waals surface area contributed by atoms with Gasteiger partial charge >= 0.3 is 12.0 Å². The summed E-state index contributed by atoms with van der Waals surface area (Å²) in [5, 5.41) is 0. The molecule has 2 N–H and O–H groups in total. The minimum atomic E-state index is -1.11. The number of esters is 1. The molecule has 0 aliphatic carbocycles. The second kappa shape index (κ2) is 10.7. The zero-order valence-corrected chi connectivity index (χ0v) is 17.0. The van der Waals surface area contributed by atoms with E-state index in [9.17, 15) is 9.18 Å². The molecule has 0 saturated carbocycles. The molecule has 0 radical (unpaired) electrons. The molecule has 1 atom stereocenters. The Morgan fingerprint density at radius 1 is 1.34 bits per heavy atom. The molecular weight excluding hydrogens is 377 g/mol. The van der Waals surface area contributed by atoms with E-state index in [1.165, 1.54) is 19.9 Å². The molecular formula is C20H28FN5O3. The second-order valence-electron chi connectivity index (χ2n) is 6.91. The molecule has 0 fully saturated rings. The summed E-state index contributed by atoms with van der Waals surface area (Å²) in [5.74, 6) is 2.24. The third-order valence-electron chi connectivity index (χ3n) is 4.82. The van der Waals surface area contributed by atoms with Crippen LogP contribution in [-0.4, -0.2) is 44.8 Å². The highest BCUT2D eigenvalue weighted by molar-refractivity contribution is 5.81. The SMILES string of the molecule is C#CC(CCn1cnc2c(N)nc(F)nc21)(COC(=O)CCCCCCC)OC. The lowest BCUT2D eigenvalue weighted by molar-refractivity contribution is -0.150. The molecule has 2 heterocycles. The van der Waals surface area contributed by atoms with E-state index >= 15 is 0 Å². The van der Waals surface area contributed by atoms with Crippen LogP contribution in [0.2, 0.25) is 0 Å². The van der Waals surface area contributed by atoms with E-state index in [4.69, 9.17) is 21.6 Å². The Kier molecular flexibility index (Phi) is 8.34. The number of aryl methyl sites for hydroxylation is 1. The first kappa shape index (κ1) is 22.6. The van der Waals surface area contributed by atoms with Gasteiger partial charge in [0.05, 0.1) is 6.33 Å². The molecule has 158 valence electrons. The molecule has 8 nitrogen and oxygen atoms in total. The lowest BCUT2D eigenvalue weighted by atomic mass is 10.0. The third-order valence-corrected chi connectivity index (χ3v) is 4.82. The quantitative estimate of drug-likeness (QED) is 0.250. The molecule has 29 heavy (non-hydrogen) atoms. The van der Waals surface area contributed by atoms with Crippen molar-refractivity contribution in [2.24, 2.45) is 0 Å². The number of hydrogen-bond donors (Lipinski definition) is 1. The molecule has 2 rings (SSSR count). The van der Waals surface area contributed by atoms with E-state index in [1.807, 2.05) is 0 Å². The molecule has 2 aromatic heterocycles. The zero-order valence-electron chi connectivity index (χ0n) is 17.0. The van der Waals surface area contributed by atoms with Crippen molar-refractivity contribution in [2.75, 3.05) is 19.5 Å². The fourth-order valence-corrected chi connectivity index (χ4v) is 2.95. The van der Waals surface area contributed by atoms with Crippen LogP contribution in [0.25, 0.3) is 11.2 Å². The number of anilines is 1. The van der Waals surface area contributed by atoms with Crippen LogP contribution < -0.4 is 5.73 Å². The number of ether oxygens (including phenoxy) is 2. The standard InChI is InChI=1S/C20H28FN5O3/c1-4-6-7-8-9-10-15(27)29-13-20(5-2,28-3)11-12-26-14-23-16-17(22)24-19(21)25-18(16)26/h2,14H,4,6-13H2,1,3H3,(H2,22,24,25). The van der Waals surface area contributed by atoms with Crippen LogP contribution in [0.3, 0.4) is 0 Å². The van der Waals surface area contributed by atoms with Crippen molar-refractivity contribution in [3.63, 3.8) is 0 Å². The predicted octanol–water partition coefficient (Wildman–Crippen LogP) is 2.86. The maximum Gasteiger partial charge on any atom is 0.312 e. The third kappa shape index (κ3) is 6.12. The monoisotopic (exact) mass is 405 g/mol. The smallest absolute Gasteiger partial charge is 0.312 e. The van der Waals surface area contributed by atoms with Crippen LogP contribution >= 0.6 is 0 Å². The summed E-state index contributed by atoms with van der Waals surface area (Å²) in [4.78, 5) is 23.3. The van der Waals surface area contributed by atoms with Crippen LogP contribution in [0.1, 0.15) is 51.9 Å². The summed E-state index contributed by atoms with van der Waals surface area (Å²) in [6, 6.07) is 0. The van der Waals surface area contributed by atoms with E-state index in [2.05, 4.69) is 27.8 Å². The Hall–Kier alpha value is -2.73. The average molecular weight is 405 g/mol. The summed E-state index contributed by atoms with van der Waals surface area (Å²) in [5.41, 5.74) is 5.14. The molecule has 9 heteroatoms. The van der Waals surface area contributed by atoms with Gasteiger partial charge in [0.15, 0.2) is 17.1 Å². The first-order valence-electron chi connectivity index (χ1n) is 9.77. The van der Waals surface area contributed by atoms with Crippen molar-refractivity contribution < 1.29 is 18.7 Å². The van der Waals surface area contributed by atoms with Gasteiger partial charge in [0.25, 0.3) is 0 Å². The molecule has 0 bridgehead atoms. The molecule has 0 spiro atoms. The Morgan fingerprint density at radius 3 is 2.79 bits per heavy atom. The number of nitrogen functional groups attached to an aromatic ring is 1. The molecule has 0 aromatic carbocycles. The highest BCUT2D eigenvalue weighted by Crippen LogP contribution is 2.21. The van der Waals surface area contributed by atoms with Gasteiger partial charge in [0.1, 0.15) is 12.1 Å². The molecule has 0 amide bonds. The lowest BCUT2D eigenvalue weighted by Crippen LogP contribution is -2.37. The van der Waals surface area contributed by atoms with Gasteiger partial charge in [-0.3, -0.25) is 4.79 Å². The molecule has 0 aliphatic rings. The van der Waals surface area contributed by atoms with Crippen molar-refractivity contribution in [3.05, 3.63) is 12.4 Å². The molecule has 0 saturated heterocycles. The molecule has 0 aliphatic heterocycles. The number of carbonyl (C=O) groups is 1. The van der Waals surface area contributed by atoms with Gasteiger partial charge in [-0.1, -0.05) is 38.5 Å². The fraction of sp³-hybridized carbons (Fsp3) is 0.600. The van der Waals surface area contributed by atoms with Crippen molar-refractivity contribution in [1.29, 1.82) is 0 Å². The van der Waals surface area contributed by atoms with Crippen molar-refractivity contribution in [3.8, 4) is 12.3 Å². The minimum absolute atomic E-state index is 0.0333. The number of terminal acetylenes is 1. The predicted molar refractivity (Wildman–Crippen MR) is 107 cm³/mol. The number of aromatic nitrogens is 4. The largest absolute Gasteiger partial charge is 0.462 e.